The summed E-state index contributed by atoms with van der Waals surface area (Å²) in [6.45, 7) is 4.95. The Balaban J connectivity index is 2.47. The van der Waals surface area contributed by atoms with Crippen LogP contribution in [-0.2, 0) is 9.47 Å². The highest BCUT2D eigenvalue weighted by Crippen LogP contribution is 2.37. The van der Waals surface area contributed by atoms with Crippen molar-refractivity contribution in [2.24, 2.45) is 5.92 Å². The third-order valence-electron chi connectivity index (χ3n) is 3.44. The van der Waals surface area contributed by atoms with Gasteiger partial charge in [0.1, 0.15) is 0 Å². The average Bonchev–Trinajstić information content (AvgIpc) is 2.36. The first-order valence-corrected chi connectivity index (χ1v) is 7.02. The third kappa shape index (κ3) is 5.67. The average molecular weight is 283 g/mol. The summed E-state index contributed by atoms with van der Waals surface area (Å²) in [5.74, 6) is -1.25. The summed E-state index contributed by atoms with van der Waals surface area (Å²) in [5, 5.41) is 2.98. The molecule has 1 saturated carbocycles. The van der Waals surface area contributed by atoms with E-state index in [0.717, 1.165) is 6.42 Å². The van der Waals surface area contributed by atoms with E-state index >= 15 is 0 Å². The Hall–Kier alpha value is -0.330. The number of alkyl halides is 3. The first-order chi connectivity index (χ1) is 8.99. The zero-order valence-electron chi connectivity index (χ0n) is 11.6. The number of hydrogen-bond donors (Lipinski definition) is 1. The van der Waals surface area contributed by atoms with Crippen molar-refractivity contribution in [2.75, 3.05) is 19.8 Å². The molecule has 114 valence electrons. The number of halogens is 3. The summed E-state index contributed by atoms with van der Waals surface area (Å²) in [7, 11) is 0. The van der Waals surface area contributed by atoms with Gasteiger partial charge in [0.2, 0.25) is 0 Å². The van der Waals surface area contributed by atoms with Crippen LogP contribution in [0, 0.1) is 5.92 Å². The SMILES string of the molecule is CCOC(CNC1CCCCC1C(F)(F)F)OCC. The minimum atomic E-state index is -4.12. The van der Waals surface area contributed by atoms with E-state index in [1.807, 2.05) is 13.8 Å². The highest BCUT2D eigenvalue weighted by Gasteiger charge is 2.45. The highest BCUT2D eigenvalue weighted by molar-refractivity contribution is 4.85. The molecular formula is C13H24F3NO2. The van der Waals surface area contributed by atoms with Crippen molar-refractivity contribution in [3.63, 3.8) is 0 Å². The largest absolute Gasteiger partial charge is 0.393 e. The Morgan fingerprint density at radius 3 is 2.21 bits per heavy atom. The molecule has 0 heterocycles. The molecule has 0 spiro atoms. The summed E-state index contributed by atoms with van der Waals surface area (Å²) in [6.07, 6.45) is -2.30. The fourth-order valence-corrected chi connectivity index (χ4v) is 2.55. The third-order valence-corrected chi connectivity index (χ3v) is 3.44. The first kappa shape index (κ1) is 16.7. The topological polar surface area (TPSA) is 30.5 Å². The molecule has 1 fully saturated rings. The van der Waals surface area contributed by atoms with E-state index in [1.165, 1.54) is 0 Å². The van der Waals surface area contributed by atoms with Gasteiger partial charge in [0.05, 0.1) is 5.92 Å². The van der Waals surface area contributed by atoms with E-state index in [2.05, 4.69) is 5.32 Å². The lowest BCUT2D eigenvalue weighted by Gasteiger charge is -2.34. The predicted molar refractivity (Wildman–Crippen MR) is 66.8 cm³/mol. The van der Waals surface area contributed by atoms with E-state index in [4.69, 9.17) is 9.47 Å². The van der Waals surface area contributed by atoms with Crippen LogP contribution in [0.4, 0.5) is 13.2 Å². The predicted octanol–water partition coefficient (Wildman–Crippen LogP) is 3.10. The van der Waals surface area contributed by atoms with E-state index < -0.39 is 24.4 Å². The fourth-order valence-electron chi connectivity index (χ4n) is 2.55. The second-order valence-electron chi connectivity index (χ2n) is 4.79. The molecule has 0 radical (unpaired) electrons. The van der Waals surface area contributed by atoms with Crippen molar-refractivity contribution in [3.05, 3.63) is 0 Å². The quantitative estimate of drug-likeness (QED) is 0.728. The molecule has 0 aromatic carbocycles. The molecule has 0 aliphatic heterocycles. The molecule has 0 aromatic heterocycles. The summed E-state index contributed by atoms with van der Waals surface area (Å²) >= 11 is 0. The lowest BCUT2D eigenvalue weighted by Crippen LogP contribution is -2.48. The number of rotatable bonds is 7. The molecule has 3 nitrogen and oxygen atoms in total. The van der Waals surface area contributed by atoms with Crippen LogP contribution in [0.3, 0.4) is 0 Å². The molecule has 2 atom stereocenters. The molecule has 2 unspecified atom stereocenters. The van der Waals surface area contributed by atoms with Gasteiger partial charge in [-0.25, -0.2) is 0 Å². The molecule has 0 bridgehead atoms. The van der Waals surface area contributed by atoms with Crippen molar-refractivity contribution < 1.29 is 22.6 Å². The van der Waals surface area contributed by atoms with Crippen LogP contribution in [0.1, 0.15) is 39.5 Å². The maximum absolute atomic E-state index is 12.9. The standard InChI is InChI=1S/C13H24F3NO2/c1-3-18-12(19-4-2)9-17-11-8-6-5-7-10(11)13(14,15)16/h10-12,17H,3-9H2,1-2H3. The Morgan fingerprint density at radius 1 is 1.11 bits per heavy atom. The van der Waals surface area contributed by atoms with Crippen molar-refractivity contribution in [1.29, 1.82) is 0 Å². The minimum absolute atomic E-state index is 0.217. The van der Waals surface area contributed by atoms with Crippen LogP contribution in [0.15, 0.2) is 0 Å². The second kappa shape index (κ2) is 8.07. The Morgan fingerprint density at radius 2 is 1.68 bits per heavy atom. The Kier molecular flexibility index (Phi) is 7.10. The van der Waals surface area contributed by atoms with Crippen LogP contribution in [0.5, 0.6) is 0 Å². The number of hydrogen-bond acceptors (Lipinski definition) is 3. The summed E-state index contributed by atoms with van der Waals surface area (Å²) in [4.78, 5) is 0. The number of nitrogens with one attached hydrogen (secondary N) is 1. The summed E-state index contributed by atoms with van der Waals surface area (Å²) < 4.78 is 49.4. The van der Waals surface area contributed by atoms with Crippen LogP contribution < -0.4 is 5.32 Å². The van der Waals surface area contributed by atoms with Crippen LogP contribution >= 0.6 is 0 Å². The molecule has 0 amide bonds. The van der Waals surface area contributed by atoms with E-state index in [1.54, 1.807) is 0 Å². The second-order valence-corrected chi connectivity index (χ2v) is 4.79. The lowest BCUT2D eigenvalue weighted by atomic mass is 9.84. The van der Waals surface area contributed by atoms with Crippen molar-refractivity contribution >= 4 is 0 Å². The first-order valence-electron chi connectivity index (χ1n) is 7.02. The summed E-state index contributed by atoms with van der Waals surface area (Å²) in [5.41, 5.74) is 0. The van der Waals surface area contributed by atoms with Gasteiger partial charge in [0.25, 0.3) is 0 Å². The molecule has 6 heteroatoms. The lowest BCUT2D eigenvalue weighted by molar-refractivity contribution is -0.191. The smallest absolute Gasteiger partial charge is 0.352 e. The van der Waals surface area contributed by atoms with Crippen LogP contribution in [0.25, 0.3) is 0 Å². The maximum Gasteiger partial charge on any atom is 0.393 e. The van der Waals surface area contributed by atoms with Crippen LogP contribution in [-0.4, -0.2) is 38.3 Å². The van der Waals surface area contributed by atoms with Gasteiger partial charge in [0.15, 0.2) is 6.29 Å². The van der Waals surface area contributed by atoms with Gasteiger partial charge in [0, 0.05) is 25.8 Å². The summed E-state index contributed by atoms with van der Waals surface area (Å²) in [6, 6.07) is -0.517. The van der Waals surface area contributed by atoms with Crippen molar-refractivity contribution in [3.8, 4) is 0 Å². The van der Waals surface area contributed by atoms with Gasteiger partial charge in [-0.1, -0.05) is 12.8 Å². The molecule has 1 aliphatic rings. The van der Waals surface area contributed by atoms with Crippen molar-refractivity contribution in [2.45, 2.75) is 58.0 Å². The maximum atomic E-state index is 12.9. The van der Waals surface area contributed by atoms with E-state index in [-0.39, 0.29) is 6.42 Å². The molecule has 1 aliphatic carbocycles. The van der Waals surface area contributed by atoms with Gasteiger partial charge >= 0.3 is 6.18 Å². The van der Waals surface area contributed by atoms with Gasteiger partial charge < -0.3 is 14.8 Å². The Labute approximate surface area is 112 Å². The zero-order valence-corrected chi connectivity index (χ0v) is 11.6. The molecule has 0 aromatic rings. The van der Waals surface area contributed by atoms with E-state index in [9.17, 15) is 13.2 Å². The molecular weight excluding hydrogens is 259 g/mol. The van der Waals surface area contributed by atoms with Gasteiger partial charge in [-0.15, -0.1) is 0 Å². The molecule has 19 heavy (non-hydrogen) atoms. The monoisotopic (exact) mass is 283 g/mol. The molecule has 1 rings (SSSR count). The molecule has 1 N–H and O–H groups in total. The van der Waals surface area contributed by atoms with Crippen LogP contribution in [0.2, 0.25) is 0 Å². The van der Waals surface area contributed by atoms with Gasteiger partial charge in [-0.05, 0) is 26.7 Å². The Bertz CT molecular complexity index is 243. The normalized spacial score (nSPS) is 24.9. The zero-order chi connectivity index (χ0) is 14.3. The van der Waals surface area contributed by atoms with E-state index in [0.29, 0.717) is 32.6 Å². The number of ether oxygens (including phenoxy) is 2. The van der Waals surface area contributed by atoms with Crippen molar-refractivity contribution in [1.82, 2.24) is 5.32 Å². The fraction of sp³-hybridized carbons (Fsp3) is 1.00. The molecule has 0 saturated heterocycles. The minimum Gasteiger partial charge on any atom is -0.352 e. The highest BCUT2D eigenvalue weighted by atomic mass is 19.4. The van der Waals surface area contributed by atoms with Gasteiger partial charge in [-0.2, -0.15) is 13.2 Å². The van der Waals surface area contributed by atoms with Gasteiger partial charge in [-0.3, -0.25) is 0 Å².